The molecule has 0 saturated carbocycles. The van der Waals surface area contributed by atoms with Gasteiger partial charge in [0.15, 0.2) is 0 Å². The van der Waals surface area contributed by atoms with E-state index in [-0.39, 0.29) is 12.8 Å². The van der Waals surface area contributed by atoms with Gasteiger partial charge >= 0.3 is 23.9 Å². The molecule has 0 aromatic rings. The summed E-state index contributed by atoms with van der Waals surface area (Å²) in [5, 5.41) is 0. The SMILES string of the molecule is CCC(=O)OC(C(=O)OC)C(OC(=O)CC)C(=O)OC. The number of rotatable bonds is 7. The fourth-order valence-corrected chi connectivity index (χ4v) is 1.15. The summed E-state index contributed by atoms with van der Waals surface area (Å²) in [5.74, 6) is -3.54. The highest BCUT2D eigenvalue weighted by Crippen LogP contribution is 2.11. The van der Waals surface area contributed by atoms with Crippen LogP contribution in [0.4, 0.5) is 0 Å². The van der Waals surface area contributed by atoms with Gasteiger partial charge in [0, 0.05) is 12.8 Å². The Morgan fingerprint density at radius 1 is 0.750 bits per heavy atom. The molecule has 20 heavy (non-hydrogen) atoms. The highest BCUT2D eigenvalue weighted by atomic mass is 16.6. The van der Waals surface area contributed by atoms with Gasteiger partial charge in [0.2, 0.25) is 12.2 Å². The third kappa shape index (κ3) is 5.25. The number of ether oxygens (including phenoxy) is 4. The summed E-state index contributed by atoms with van der Waals surface area (Å²) in [7, 11) is 2.09. The third-order valence-electron chi connectivity index (χ3n) is 2.24. The maximum Gasteiger partial charge on any atom is 0.351 e. The first-order valence-corrected chi connectivity index (χ1v) is 5.95. The Balaban J connectivity index is 5.26. The smallest absolute Gasteiger partial charge is 0.351 e. The second kappa shape index (κ2) is 8.89. The highest BCUT2D eigenvalue weighted by Gasteiger charge is 2.41. The van der Waals surface area contributed by atoms with Crippen molar-refractivity contribution >= 4 is 23.9 Å². The van der Waals surface area contributed by atoms with Crippen LogP contribution in [0, 0.1) is 0 Å². The van der Waals surface area contributed by atoms with Gasteiger partial charge in [-0.3, -0.25) is 9.59 Å². The van der Waals surface area contributed by atoms with E-state index in [2.05, 4.69) is 9.47 Å². The molecule has 0 rings (SSSR count). The standard InChI is InChI=1S/C12H18O8/c1-5-7(13)19-9(11(15)17-3)10(12(16)18-4)20-8(14)6-2/h9-10H,5-6H2,1-4H3. The van der Waals surface area contributed by atoms with Crippen molar-refractivity contribution in [2.24, 2.45) is 0 Å². The van der Waals surface area contributed by atoms with Crippen molar-refractivity contribution in [3.05, 3.63) is 0 Å². The quantitative estimate of drug-likeness (QED) is 0.475. The average molecular weight is 290 g/mol. The van der Waals surface area contributed by atoms with Crippen molar-refractivity contribution < 1.29 is 38.1 Å². The number of carbonyl (C=O) groups is 4. The molecule has 8 nitrogen and oxygen atoms in total. The van der Waals surface area contributed by atoms with Crippen molar-refractivity contribution in [1.29, 1.82) is 0 Å². The Morgan fingerprint density at radius 2 is 1.05 bits per heavy atom. The molecular weight excluding hydrogens is 272 g/mol. The maximum absolute atomic E-state index is 11.6. The molecule has 0 aliphatic carbocycles. The number of hydrogen-bond acceptors (Lipinski definition) is 8. The Bertz CT molecular complexity index is 340. The number of esters is 4. The minimum Gasteiger partial charge on any atom is -0.466 e. The summed E-state index contributed by atoms with van der Waals surface area (Å²) < 4.78 is 18.4. The van der Waals surface area contributed by atoms with Crippen LogP contribution in [-0.2, 0) is 38.1 Å². The fraction of sp³-hybridized carbons (Fsp3) is 0.667. The molecule has 0 fully saturated rings. The van der Waals surface area contributed by atoms with Crippen LogP contribution in [0.2, 0.25) is 0 Å². The zero-order chi connectivity index (χ0) is 15.7. The lowest BCUT2D eigenvalue weighted by Gasteiger charge is -2.22. The lowest BCUT2D eigenvalue weighted by atomic mass is 10.2. The zero-order valence-corrected chi connectivity index (χ0v) is 11.8. The molecule has 0 heterocycles. The molecule has 114 valence electrons. The lowest BCUT2D eigenvalue weighted by Crippen LogP contribution is -2.46. The molecule has 0 spiro atoms. The second-order valence-corrected chi connectivity index (χ2v) is 3.57. The van der Waals surface area contributed by atoms with Gasteiger partial charge in [-0.25, -0.2) is 9.59 Å². The summed E-state index contributed by atoms with van der Waals surface area (Å²) >= 11 is 0. The molecule has 2 unspecified atom stereocenters. The first-order chi connectivity index (χ1) is 9.40. The molecule has 0 saturated heterocycles. The molecule has 0 amide bonds. The first-order valence-electron chi connectivity index (χ1n) is 5.95. The van der Waals surface area contributed by atoms with Gasteiger partial charge in [0.25, 0.3) is 0 Å². The van der Waals surface area contributed by atoms with Gasteiger partial charge in [-0.15, -0.1) is 0 Å². The Morgan fingerprint density at radius 3 is 1.25 bits per heavy atom. The van der Waals surface area contributed by atoms with E-state index in [4.69, 9.17) is 9.47 Å². The monoisotopic (exact) mass is 290 g/mol. The number of hydrogen-bond donors (Lipinski definition) is 0. The molecule has 0 aliphatic heterocycles. The lowest BCUT2D eigenvalue weighted by molar-refractivity contribution is -0.189. The van der Waals surface area contributed by atoms with Gasteiger partial charge in [-0.05, 0) is 0 Å². The Kier molecular flexibility index (Phi) is 7.95. The van der Waals surface area contributed by atoms with Crippen LogP contribution < -0.4 is 0 Å². The molecule has 0 aliphatic rings. The molecule has 0 aromatic heterocycles. The summed E-state index contributed by atoms with van der Waals surface area (Å²) in [6, 6.07) is 0. The Labute approximate surface area is 116 Å². The molecule has 2 atom stereocenters. The summed E-state index contributed by atoms with van der Waals surface area (Å²) in [4.78, 5) is 45.8. The van der Waals surface area contributed by atoms with E-state index in [9.17, 15) is 19.2 Å². The fourth-order valence-electron chi connectivity index (χ4n) is 1.15. The van der Waals surface area contributed by atoms with E-state index < -0.39 is 36.1 Å². The highest BCUT2D eigenvalue weighted by molar-refractivity contribution is 5.89. The third-order valence-corrected chi connectivity index (χ3v) is 2.24. The van der Waals surface area contributed by atoms with Crippen LogP contribution >= 0.6 is 0 Å². The predicted molar refractivity (Wildman–Crippen MR) is 64.4 cm³/mol. The van der Waals surface area contributed by atoms with Crippen LogP contribution in [0.3, 0.4) is 0 Å². The van der Waals surface area contributed by atoms with E-state index in [1.54, 1.807) is 0 Å². The van der Waals surface area contributed by atoms with E-state index in [1.807, 2.05) is 0 Å². The average Bonchev–Trinajstić information content (AvgIpc) is 2.48. The maximum atomic E-state index is 11.6. The van der Waals surface area contributed by atoms with Gasteiger partial charge in [-0.1, -0.05) is 13.8 Å². The molecular formula is C12H18O8. The number of carbonyl (C=O) groups excluding carboxylic acids is 4. The van der Waals surface area contributed by atoms with Crippen LogP contribution in [0.15, 0.2) is 0 Å². The number of methoxy groups -OCH3 is 2. The van der Waals surface area contributed by atoms with Gasteiger partial charge in [0.1, 0.15) is 0 Å². The van der Waals surface area contributed by atoms with Crippen LogP contribution in [-0.4, -0.2) is 50.3 Å². The minimum absolute atomic E-state index is 0.0247. The Hall–Kier alpha value is -2.12. The topological polar surface area (TPSA) is 105 Å². The second-order valence-electron chi connectivity index (χ2n) is 3.57. The molecule has 0 N–H and O–H groups in total. The van der Waals surface area contributed by atoms with Crippen molar-refractivity contribution in [1.82, 2.24) is 0 Å². The summed E-state index contributed by atoms with van der Waals surface area (Å²) in [6.07, 6.45) is -3.45. The van der Waals surface area contributed by atoms with Gasteiger partial charge in [-0.2, -0.15) is 0 Å². The van der Waals surface area contributed by atoms with E-state index in [1.165, 1.54) is 13.8 Å². The van der Waals surface area contributed by atoms with Crippen molar-refractivity contribution in [3.63, 3.8) is 0 Å². The summed E-state index contributed by atoms with van der Waals surface area (Å²) in [5.41, 5.74) is 0. The predicted octanol–water partition coefficient (Wildman–Crippen LogP) is -0.0240. The largest absolute Gasteiger partial charge is 0.466 e. The van der Waals surface area contributed by atoms with Crippen LogP contribution in [0.1, 0.15) is 26.7 Å². The van der Waals surface area contributed by atoms with E-state index in [0.717, 1.165) is 14.2 Å². The van der Waals surface area contributed by atoms with Crippen LogP contribution in [0.5, 0.6) is 0 Å². The van der Waals surface area contributed by atoms with Crippen molar-refractivity contribution in [2.75, 3.05) is 14.2 Å². The normalized spacial score (nSPS) is 12.8. The molecule has 0 aromatic carbocycles. The van der Waals surface area contributed by atoms with E-state index in [0.29, 0.717) is 0 Å². The zero-order valence-electron chi connectivity index (χ0n) is 11.8. The molecule has 8 heteroatoms. The van der Waals surface area contributed by atoms with Crippen LogP contribution in [0.25, 0.3) is 0 Å². The van der Waals surface area contributed by atoms with Gasteiger partial charge < -0.3 is 18.9 Å². The van der Waals surface area contributed by atoms with Gasteiger partial charge in [0.05, 0.1) is 14.2 Å². The first kappa shape index (κ1) is 17.9. The molecule has 0 bridgehead atoms. The van der Waals surface area contributed by atoms with Crippen molar-refractivity contribution in [3.8, 4) is 0 Å². The van der Waals surface area contributed by atoms with Crippen molar-refractivity contribution in [2.45, 2.75) is 38.9 Å². The molecule has 0 radical (unpaired) electrons. The summed E-state index contributed by atoms with van der Waals surface area (Å²) in [6.45, 7) is 3.00. The van der Waals surface area contributed by atoms with E-state index >= 15 is 0 Å². The minimum atomic E-state index is -1.70.